The Morgan fingerprint density at radius 2 is 0.844 bits per heavy atom. The van der Waals surface area contributed by atoms with Crippen LogP contribution in [0.15, 0.2) is 96.8 Å². The lowest BCUT2D eigenvalue weighted by Crippen LogP contribution is -2.48. The van der Waals surface area contributed by atoms with Gasteiger partial charge in [0.2, 0.25) is 17.8 Å². The molecule has 0 aliphatic carbocycles. The first kappa shape index (κ1) is 60.6. The van der Waals surface area contributed by atoms with E-state index in [1.54, 1.807) is 0 Å². The van der Waals surface area contributed by atoms with E-state index in [2.05, 4.69) is 184 Å². The lowest BCUT2D eigenvalue weighted by atomic mass is 10.1. The molecule has 23 nitrogen and oxygen atoms in total. The first-order valence-electron chi connectivity index (χ1n) is 32.2. The number of hydrogen-bond donors (Lipinski definition) is 3. The molecule has 24 heteroatoms. The number of fused-ring (bicyclic) bond motifs is 9. The van der Waals surface area contributed by atoms with Gasteiger partial charge in [-0.05, 0) is 123 Å². The average molecular weight is 1230 g/mol. The van der Waals surface area contributed by atoms with Crippen LogP contribution < -0.4 is 30.7 Å². The molecule has 0 saturated carbocycles. The van der Waals surface area contributed by atoms with E-state index in [1.807, 2.05) is 62.3 Å². The standard InChI is InChI=1S/C22H30N8.C22H28N8.C22H27N7S/c1-16(2)28-7-9-29(10-8-28)18-4-5-20(23-14-18)25-22-24-13-17-12-19-15-27(3)6-11-30(19)21(17)26-22;1-15(2)28-8-10-29(11-9-28)18-4-5-20(24-14-18)26-22-25-13-17-12-19-16(3)23-6-7-30(19)21(17)27-22;1-15(2)27-8-10-28(11-9-27)17-5-6-20(23-14-17)25-22-24-13-16-12-18-19(30)4-3-7-29(18)21(16)26-22/h4-5,12-14,16H,6-11,15H2,1-3H3,(H,23,24,25,26);4-5,12-15H,6-11H2,1-3H3,(H,24,25,26,27);5-6,12-15H,3-4,7-11H2,1-2H3,(H,23,24,25,26). The molecule has 0 amide bonds. The van der Waals surface area contributed by atoms with Gasteiger partial charge in [-0.1, -0.05) is 12.2 Å². The van der Waals surface area contributed by atoms with E-state index >= 15 is 0 Å². The minimum Gasteiger partial charge on any atom is -0.368 e. The molecule has 0 bridgehead atoms. The number of aryl methyl sites for hydroxylation is 1. The third kappa shape index (κ3) is 13.4. The molecule has 3 saturated heterocycles. The summed E-state index contributed by atoms with van der Waals surface area (Å²) in [6.45, 7) is 34.0. The lowest BCUT2D eigenvalue weighted by molar-refractivity contribution is 0.209. The highest BCUT2D eigenvalue weighted by Gasteiger charge is 2.25. The number of pyridine rings is 3. The van der Waals surface area contributed by atoms with E-state index < -0.39 is 0 Å². The number of piperazine rings is 3. The van der Waals surface area contributed by atoms with Crippen LogP contribution in [0.2, 0.25) is 0 Å². The number of thiocarbonyl (C=S) groups is 1. The number of aromatic nitrogens is 12. The summed E-state index contributed by atoms with van der Waals surface area (Å²) in [5.41, 5.74) is 11.0. The minimum absolute atomic E-state index is 0.561. The van der Waals surface area contributed by atoms with Gasteiger partial charge in [0.15, 0.2) is 0 Å². The summed E-state index contributed by atoms with van der Waals surface area (Å²) in [4.78, 5) is 64.1. The zero-order chi connectivity index (χ0) is 62.0. The fourth-order valence-electron chi connectivity index (χ4n) is 13.0. The smallest absolute Gasteiger partial charge is 0.230 e. The van der Waals surface area contributed by atoms with Gasteiger partial charge in [0.05, 0.1) is 59.3 Å². The van der Waals surface area contributed by atoms with Crippen molar-refractivity contribution in [3.05, 3.63) is 109 Å². The predicted molar refractivity (Wildman–Crippen MR) is 366 cm³/mol. The zero-order valence-corrected chi connectivity index (χ0v) is 54.2. The molecule has 470 valence electrons. The van der Waals surface area contributed by atoms with E-state index in [1.165, 1.54) is 11.4 Å². The van der Waals surface area contributed by atoms with Gasteiger partial charge in [-0.3, -0.25) is 24.6 Å². The maximum Gasteiger partial charge on any atom is 0.230 e. The Balaban J connectivity index is 0.000000124. The highest BCUT2D eigenvalue weighted by Crippen LogP contribution is 2.29. The molecule has 9 aromatic heterocycles. The molecule has 0 spiro atoms. The predicted octanol–water partition coefficient (Wildman–Crippen LogP) is 9.08. The molecular formula is C66H85N23S. The number of hydrogen-bond acceptors (Lipinski definition) is 21. The van der Waals surface area contributed by atoms with Gasteiger partial charge in [-0.15, -0.1) is 0 Å². The fraction of sp³-hybridized carbons (Fsp3) is 0.470. The summed E-state index contributed by atoms with van der Waals surface area (Å²) in [5.74, 6) is 3.99. The second-order valence-electron chi connectivity index (χ2n) is 25.2. The van der Waals surface area contributed by atoms with Gasteiger partial charge in [-0.25, -0.2) is 29.9 Å². The van der Waals surface area contributed by atoms with Crippen LogP contribution in [0.3, 0.4) is 0 Å². The van der Waals surface area contributed by atoms with E-state index in [9.17, 15) is 0 Å². The van der Waals surface area contributed by atoms with Crippen molar-refractivity contribution in [3.8, 4) is 0 Å². The number of anilines is 9. The molecule has 15 heterocycles. The maximum absolute atomic E-state index is 5.52. The van der Waals surface area contributed by atoms with Crippen LogP contribution in [-0.4, -0.2) is 206 Å². The average Bonchev–Trinajstić information content (AvgIpc) is 1.72. The molecule has 90 heavy (non-hydrogen) atoms. The van der Waals surface area contributed by atoms with Crippen molar-refractivity contribution in [3.63, 3.8) is 0 Å². The Hall–Kier alpha value is -8.29. The van der Waals surface area contributed by atoms with Crippen LogP contribution in [-0.2, 0) is 26.2 Å². The molecular weight excluding hydrogens is 1150 g/mol. The number of nitrogens with one attached hydrogen (secondary N) is 3. The summed E-state index contributed by atoms with van der Waals surface area (Å²) in [5, 5.41) is 12.9. The Morgan fingerprint density at radius 3 is 1.27 bits per heavy atom. The monoisotopic (exact) mass is 1230 g/mol. The highest BCUT2D eigenvalue weighted by atomic mass is 32.1. The number of rotatable bonds is 12. The number of aliphatic imine (C=N–C) groups is 1. The summed E-state index contributed by atoms with van der Waals surface area (Å²) in [7, 11) is 2.15. The van der Waals surface area contributed by atoms with Gasteiger partial charge >= 0.3 is 0 Å². The van der Waals surface area contributed by atoms with Gasteiger partial charge < -0.3 is 44.4 Å². The Morgan fingerprint density at radius 1 is 0.433 bits per heavy atom. The minimum atomic E-state index is 0.561. The normalized spacial score (nSPS) is 17.7. The van der Waals surface area contributed by atoms with Gasteiger partial charge in [0, 0.05) is 175 Å². The molecule has 9 aromatic rings. The van der Waals surface area contributed by atoms with E-state index in [0.29, 0.717) is 36.0 Å². The summed E-state index contributed by atoms with van der Waals surface area (Å²) >= 11 is 5.52. The second kappa shape index (κ2) is 26.7. The Bertz CT molecular complexity index is 3860. The molecule has 0 aromatic carbocycles. The molecule has 15 rings (SSSR count). The van der Waals surface area contributed by atoms with Crippen LogP contribution in [0.25, 0.3) is 33.1 Å². The topological polar surface area (TPSA) is 202 Å². The lowest BCUT2D eigenvalue weighted by Gasteiger charge is -2.38. The first-order chi connectivity index (χ1) is 43.7. The molecule has 6 aliphatic rings. The molecule has 0 radical (unpaired) electrons. The van der Waals surface area contributed by atoms with Crippen LogP contribution in [0.1, 0.15) is 78.4 Å². The summed E-state index contributed by atoms with van der Waals surface area (Å²) < 4.78 is 6.73. The second-order valence-corrected chi connectivity index (χ2v) is 25.7. The van der Waals surface area contributed by atoms with E-state index in [-0.39, 0.29) is 0 Å². The molecule has 3 N–H and O–H groups in total. The third-order valence-corrected chi connectivity index (χ3v) is 18.8. The third-order valence-electron chi connectivity index (χ3n) is 18.4. The van der Waals surface area contributed by atoms with Crippen molar-refractivity contribution < 1.29 is 0 Å². The van der Waals surface area contributed by atoms with E-state index in [0.717, 1.165) is 215 Å². The summed E-state index contributed by atoms with van der Waals surface area (Å²) in [6, 6.07) is 20.6. The summed E-state index contributed by atoms with van der Waals surface area (Å²) in [6.07, 6.45) is 13.5. The van der Waals surface area contributed by atoms with Gasteiger partial charge in [-0.2, -0.15) is 15.0 Å². The quantitative estimate of drug-likeness (QED) is 0.0977. The number of nitrogens with zero attached hydrogens (tertiary/aromatic N) is 20. The van der Waals surface area contributed by atoms with Crippen molar-refractivity contribution in [1.29, 1.82) is 0 Å². The van der Waals surface area contributed by atoms with Crippen LogP contribution >= 0.6 is 12.2 Å². The van der Waals surface area contributed by atoms with Crippen LogP contribution in [0.4, 0.5) is 52.4 Å². The first-order valence-corrected chi connectivity index (χ1v) is 32.6. The molecule has 0 unspecified atom stereocenters. The van der Waals surface area contributed by atoms with Gasteiger partial charge in [0.1, 0.15) is 34.4 Å². The Labute approximate surface area is 532 Å². The van der Waals surface area contributed by atoms with Crippen LogP contribution in [0, 0.1) is 0 Å². The largest absolute Gasteiger partial charge is 0.368 e. The van der Waals surface area contributed by atoms with E-state index in [4.69, 9.17) is 27.2 Å². The maximum atomic E-state index is 5.52. The molecule has 6 aliphatic heterocycles. The molecule has 3 fully saturated rings. The van der Waals surface area contributed by atoms with Crippen molar-refractivity contribution in [2.45, 2.75) is 106 Å². The highest BCUT2D eigenvalue weighted by molar-refractivity contribution is 7.80. The van der Waals surface area contributed by atoms with Gasteiger partial charge in [0.25, 0.3) is 0 Å². The fourth-order valence-corrected chi connectivity index (χ4v) is 13.4. The van der Waals surface area contributed by atoms with Crippen LogP contribution in [0.5, 0.6) is 0 Å². The van der Waals surface area contributed by atoms with Crippen molar-refractivity contribution >= 4 is 108 Å². The Kier molecular flexibility index (Phi) is 17.9. The van der Waals surface area contributed by atoms with Crippen molar-refractivity contribution in [1.82, 2.24) is 78.2 Å². The van der Waals surface area contributed by atoms with Crippen molar-refractivity contribution in [2.24, 2.45) is 4.99 Å². The number of likely N-dealkylation sites (N-methyl/N-ethyl adjacent to an activating group) is 1. The molecule has 0 atom stereocenters. The van der Waals surface area contributed by atoms with Crippen molar-refractivity contribution in [2.75, 3.05) is 129 Å². The zero-order valence-electron chi connectivity index (χ0n) is 53.4. The SMILES string of the molecule is CC(C)N1CCN(c2ccc(Nc3ncc4cc5n(c4n3)CCCC5=S)nc2)CC1.CC(C)N1CCN(c2ccc(Nc3ncc4cc5n(c4n3)CCN(C)C5)nc2)CC1.CC1=NCCn2c1cc1cnc(Nc3ccc(N4CCN(C(C)C)CC4)cn3)nc12.